The van der Waals surface area contributed by atoms with Crippen molar-refractivity contribution in [3.63, 3.8) is 0 Å². The van der Waals surface area contributed by atoms with Crippen molar-refractivity contribution in [3.05, 3.63) is 64.1 Å². The number of nitrogens with zero attached hydrogens (tertiary/aromatic N) is 2. The molecule has 9 nitrogen and oxygen atoms in total. The number of hydrogen-bond acceptors (Lipinski definition) is 7. The molecule has 0 saturated heterocycles. The van der Waals surface area contributed by atoms with Crippen molar-refractivity contribution in [2.45, 2.75) is 25.3 Å². The van der Waals surface area contributed by atoms with Crippen LogP contribution in [0.2, 0.25) is 0 Å². The molecular formula is C19H19N5O4S2. The summed E-state index contributed by atoms with van der Waals surface area (Å²) in [7, 11) is -3.94. The number of aryl methyl sites for hydroxylation is 1. The molecule has 0 saturated carbocycles. The van der Waals surface area contributed by atoms with Crippen LogP contribution >= 0.6 is 11.3 Å². The summed E-state index contributed by atoms with van der Waals surface area (Å²) in [5.74, 6) is -0.812. The highest BCUT2D eigenvalue weighted by Crippen LogP contribution is 2.23. The van der Waals surface area contributed by atoms with E-state index in [1.807, 2.05) is 6.07 Å². The lowest BCUT2D eigenvalue weighted by Crippen LogP contribution is -2.25. The highest BCUT2D eigenvalue weighted by Gasteiger charge is 2.21. The van der Waals surface area contributed by atoms with Gasteiger partial charge in [-0.3, -0.25) is 9.59 Å². The molecule has 3 N–H and O–H groups in total. The Morgan fingerprint density at radius 3 is 2.47 bits per heavy atom. The van der Waals surface area contributed by atoms with Crippen LogP contribution in [0, 0.1) is 6.92 Å². The predicted molar refractivity (Wildman–Crippen MR) is 114 cm³/mol. The number of benzene rings is 2. The molecule has 0 aliphatic carbocycles. The van der Waals surface area contributed by atoms with Gasteiger partial charge in [-0.25, -0.2) is 13.1 Å². The zero-order valence-electron chi connectivity index (χ0n) is 16.2. The minimum absolute atomic E-state index is 0.0516. The molecule has 0 bridgehead atoms. The molecule has 2 amide bonds. The quantitative estimate of drug-likeness (QED) is 0.512. The Balaban J connectivity index is 1.71. The van der Waals surface area contributed by atoms with Crippen molar-refractivity contribution < 1.29 is 18.0 Å². The molecule has 0 radical (unpaired) electrons. The van der Waals surface area contributed by atoms with Crippen LogP contribution in [0.5, 0.6) is 0 Å². The van der Waals surface area contributed by atoms with Crippen LogP contribution in [0.1, 0.15) is 27.3 Å². The van der Waals surface area contributed by atoms with E-state index in [1.165, 1.54) is 19.1 Å². The third-order valence-electron chi connectivity index (χ3n) is 3.84. The SMILES string of the molecule is CC(=O)Nc1ccc(C)cc1S(=O)(=O)NCc1nnc(C(=O)Nc2ccccc2)s1. The smallest absolute Gasteiger partial charge is 0.286 e. The van der Waals surface area contributed by atoms with Gasteiger partial charge in [-0.1, -0.05) is 35.6 Å². The number of amides is 2. The Kier molecular flexibility index (Phi) is 6.55. The van der Waals surface area contributed by atoms with Gasteiger partial charge in [0.25, 0.3) is 5.91 Å². The summed E-state index contributed by atoms with van der Waals surface area (Å²) < 4.78 is 27.9. The van der Waals surface area contributed by atoms with E-state index >= 15 is 0 Å². The highest BCUT2D eigenvalue weighted by molar-refractivity contribution is 7.89. The van der Waals surface area contributed by atoms with Crippen molar-refractivity contribution in [2.24, 2.45) is 0 Å². The van der Waals surface area contributed by atoms with Crippen molar-refractivity contribution in [3.8, 4) is 0 Å². The van der Waals surface area contributed by atoms with Gasteiger partial charge in [0, 0.05) is 12.6 Å². The number of rotatable bonds is 7. The zero-order valence-corrected chi connectivity index (χ0v) is 17.8. The summed E-state index contributed by atoms with van der Waals surface area (Å²) in [5, 5.41) is 13.3. The van der Waals surface area contributed by atoms with Gasteiger partial charge < -0.3 is 10.6 Å². The van der Waals surface area contributed by atoms with Gasteiger partial charge in [0.2, 0.25) is 20.9 Å². The van der Waals surface area contributed by atoms with Crippen LogP contribution in [0.15, 0.2) is 53.4 Å². The van der Waals surface area contributed by atoms with Crippen molar-refractivity contribution in [1.82, 2.24) is 14.9 Å². The summed E-state index contributed by atoms with van der Waals surface area (Å²) >= 11 is 0.983. The van der Waals surface area contributed by atoms with Gasteiger partial charge in [0.15, 0.2) is 0 Å². The fourth-order valence-corrected chi connectivity index (χ4v) is 4.50. The molecule has 0 aliphatic heterocycles. The number of anilines is 2. The molecule has 156 valence electrons. The summed E-state index contributed by atoms with van der Waals surface area (Å²) in [4.78, 5) is 23.6. The summed E-state index contributed by atoms with van der Waals surface area (Å²) in [6.07, 6.45) is 0. The molecule has 3 rings (SSSR count). The third-order valence-corrected chi connectivity index (χ3v) is 6.21. The summed E-state index contributed by atoms with van der Waals surface area (Å²) in [6.45, 7) is 2.90. The molecule has 0 fully saturated rings. The molecule has 11 heteroatoms. The zero-order chi connectivity index (χ0) is 21.7. The maximum Gasteiger partial charge on any atom is 0.286 e. The Hall–Kier alpha value is -3.15. The van der Waals surface area contributed by atoms with E-state index in [0.717, 1.165) is 16.9 Å². The number of nitrogens with one attached hydrogen (secondary N) is 3. The molecule has 2 aromatic carbocycles. The first kappa shape index (κ1) is 21.6. The van der Waals surface area contributed by atoms with Crippen LogP contribution < -0.4 is 15.4 Å². The van der Waals surface area contributed by atoms with E-state index in [0.29, 0.717) is 10.7 Å². The molecular weight excluding hydrogens is 426 g/mol. The third kappa shape index (κ3) is 5.47. The molecule has 1 heterocycles. The standard InChI is InChI=1S/C19H19N5O4S2/c1-12-8-9-15(21-13(2)25)16(10-12)30(27,28)20-11-17-23-24-19(29-17)18(26)22-14-6-4-3-5-7-14/h3-10,20H,11H2,1-2H3,(H,21,25)(H,22,26). The Morgan fingerprint density at radius 1 is 1.03 bits per heavy atom. The average molecular weight is 446 g/mol. The lowest BCUT2D eigenvalue weighted by atomic mass is 10.2. The van der Waals surface area contributed by atoms with Crippen molar-refractivity contribution >= 4 is 44.5 Å². The van der Waals surface area contributed by atoms with Gasteiger partial charge in [-0.2, -0.15) is 0 Å². The summed E-state index contributed by atoms with van der Waals surface area (Å²) in [5.41, 5.74) is 1.52. The van der Waals surface area contributed by atoms with Crippen LogP contribution in [0.4, 0.5) is 11.4 Å². The van der Waals surface area contributed by atoms with Crippen LogP contribution in [-0.4, -0.2) is 30.4 Å². The second-order valence-electron chi connectivity index (χ2n) is 6.33. The molecule has 3 aromatic rings. The Labute approximate surface area is 177 Å². The van der Waals surface area contributed by atoms with E-state index in [1.54, 1.807) is 37.3 Å². The van der Waals surface area contributed by atoms with E-state index in [4.69, 9.17) is 0 Å². The van der Waals surface area contributed by atoms with Gasteiger partial charge in [-0.05, 0) is 36.8 Å². The number of hydrogen-bond donors (Lipinski definition) is 3. The molecule has 1 aromatic heterocycles. The van der Waals surface area contributed by atoms with Crippen LogP contribution in [0.25, 0.3) is 0 Å². The second-order valence-corrected chi connectivity index (χ2v) is 9.12. The topological polar surface area (TPSA) is 130 Å². The van der Waals surface area contributed by atoms with E-state index in [9.17, 15) is 18.0 Å². The van der Waals surface area contributed by atoms with Crippen molar-refractivity contribution in [1.29, 1.82) is 0 Å². The number of para-hydroxylation sites is 1. The fraction of sp³-hybridized carbons (Fsp3) is 0.158. The first-order valence-corrected chi connectivity index (χ1v) is 11.1. The minimum Gasteiger partial charge on any atom is -0.325 e. The number of carbonyl (C=O) groups is 2. The van der Waals surface area contributed by atoms with Gasteiger partial charge in [-0.15, -0.1) is 10.2 Å². The lowest BCUT2D eigenvalue weighted by molar-refractivity contribution is -0.114. The number of sulfonamides is 1. The largest absolute Gasteiger partial charge is 0.325 e. The maximum atomic E-state index is 12.8. The molecule has 0 aliphatic rings. The molecule has 30 heavy (non-hydrogen) atoms. The predicted octanol–water partition coefficient (Wildman–Crippen LogP) is 2.54. The normalized spacial score (nSPS) is 11.1. The first-order chi connectivity index (χ1) is 14.2. The van der Waals surface area contributed by atoms with E-state index in [2.05, 4.69) is 25.6 Å². The number of carbonyl (C=O) groups excluding carboxylic acids is 2. The van der Waals surface area contributed by atoms with Gasteiger partial charge >= 0.3 is 0 Å². The number of aromatic nitrogens is 2. The monoisotopic (exact) mass is 445 g/mol. The second kappa shape index (κ2) is 9.11. The van der Waals surface area contributed by atoms with Crippen LogP contribution in [0.3, 0.4) is 0 Å². The Morgan fingerprint density at radius 2 is 1.77 bits per heavy atom. The van der Waals surface area contributed by atoms with Crippen molar-refractivity contribution in [2.75, 3.05) is 10.6 Å². The molecule has 0 atom stereocenters. The highest BCUT2D eigenvalue weighted by atomic mass is 32.2. The molecule has 0 spiro atoms. The fourth-order valence-electron chi connectivity index (χ4n) is 2.50. The first-order valence-electron chi connectivity index (χ1n) is 8.81. The lowest BCUT2D eigenvalue weighted by Gasteiger charge is -2.12. The average Bonchev–Trinajstić information content (AvgIpc) is 3.18. The molecule has 0 unspecified atom stereocenters. The maximum absolute atomic E-state index is 12.8. The van der Waals surface area contributed by atoms with Crippen LogP contribution in [-0.2, 0) is 21.4 Å². The van der Waals surface area contributed by atoms with Gasteiger partial charge in [0.05, 0.1) is 12.2 Å². The van der Waals surface area contributed by atoms with E-state index < -0.39 is 15.9 Å². The van der Waals surface area contributed by atoms with E-state index in [-0.39, 0.29) is 28.0 Å². The summed E-state index contributed by atoms with van der Waals surface area (Å²) in [6, 6.07) is 13.6. The van der Waals surface area contributed by atoms with Gasteiger partial charge in [0.1, 0.15) is 9.90 Å². The minimum atomic E-state index is -3.94. The Bertz CT molecular complexity index is 1180.